The van der Waals surface area contributed by atoms with Crippen LogP contribution in [0, 0.1) is 5.92 Å². The van der Waals surface area contributed by atoms with Crippen LogP contribution in [0.25, 0.3) is 0 Å². The van der Waals surface area contributed by atoms with Gasteiger partial charge in [0, 0.05) is 5.92 Å². The van der Waals surface area contributed by atoms with E-state index in [-0.39, 0.29) is 5.92 Å². The van der Waals surface area contributed by atoms with Crippen molar-refractivity contribution in [1.29, 1.82) is 0 Å². The zero-order valence-electron chi connectivity index (χ0n) is 6.91. The molecule has 0 aromatic carbocycles. The summed E-state index contributed by atoms with van der Waals surface area (Å²) in [4.78, 5) is 20.3. The molecule has 1 N–H and O–H groups in total. The van der Waals surface area contributed by atoms with Crippen LogP contribution in [-0.2, 0) is 9.59 Å². The minimum absolute atomic E-state index is 0.0820. The van der Waals surface area contributed by atoms with E-state index in [1.165, 1.54) is 6.92 Å². The van der Waals surface area contributed by atoms with Gasteiger partial charge in [0.2, 0.25) is 0 Å². The van der Waals surface area contributed by atoms with Crippen molar-refractivity contribution in [1.82, 2.24) is 0 Å². The minimum Gasteiger partial charge on any atom is -0.383 e. The molecule has 3 heteroatoms. The highest BCUT2D eigenvalue weighted by atomic mass is 16.3. The van der Waals surface area contributed by atoms with Crippen LogP contribution in [-0.4, -0.2) is 23.3 Å². The number of carbonyl (C=O) groups is 2. The maximum Gasteiger partial charge on any atom is 0.151 e. The molecule has 0 radical (unpaired) electrons. The average Bonchev–Trinajstić information content (AvgIpc) is 2.00. The van der Waals surface area contributed by atoms with Crippen molar-refractivity contribution in [3.63, 3.8) is 0 Å². The lowest BCUT2D eigenvalue weighted by Gasteiger charge is -2.15. The van der Waals surface area contributed by atoms with Gasteiger partial charge in [0.25, 0.3) is 0 Å². The number of carbonyl (C=O) groups excluding carboxylic acids is 2. The fraction of sp³-hybridized carbons (Fsp3) is 0.750. The molecule has 3 nitrogen and oxygen atoms in total. The molecule has 0 amide bonds. The first-order valence-electron chi connectivity index (χ1n) is 3.66. The Hall–Kier alpha value is -0.700. The van der Waals surface area contributed by atoms with E-state index in [4.69, 9.17) is 0 Å². The maximum absolute atomic E-state index is 10.2. The van der Waals surface area contributed by atoms with E-state index in [0.29, 0.717) is 19.1 Å². The van der Waals surface area contributed by atoms with E-state index >= 15 is 0 Å². The highest BCUT2D eigenvalue weighted by molar-refractivity contribution is 5.61. The molecule has 0 aromatic rings. The molecule has 0 aromatic heterocycles. The second kappa shape index (κ2) is 4.23. The fourth-order valence-corrected chi connectivity index (χ4v) is 0.647. The highest BCUT2D eigenvalue weighted by Gasteiger charge is 2.19. The number of aldehydes is 2. The van der Waals surface area contributed by atoms with Crippen molar-refractivity contribution in [2.24, 2.45) is 5.92 Å². The molecule has 64 valence electrons. The van der Waals surface area contributed by atoms with Crippen LogP contribution in [0.15, 0.2) is 0 Å². The van der Waals surface area contributed by atoms with Crippen LogP contribution in [0.2, 0.25) is 0 Å². The lowest BCUT2D eigenvalue weighted by Crippen LogP contribution is -2.26. The van der Waals surface area contributed by atoms with Crippen molar-refractivity contribution in [3.8, 4) is 0 Å². The predicted molar refractivity (Wildman–Crippen MR) is 41.1 cm³/mol. The molecule has 0 heterocycles. The van der Waals surface area contributed by atoms with Crippen molar-refractivity contribution in [2.75, 3.05) is 0 Å². The van der Waals surface area contributed by atoms with Crippen molar-refractivity contribution < 1.29 is 14.7 Å². The molecule has 0 rings (SSSR count). The summed E-state index contributed by atoms with van der Waals surface area (Å²) in [5.74, 6) is -0.0820. The normalized spacial score (nSPS) is 18.5. The maximum atomic E-state index is 10.2. The lowest BCUT2D eigenvalue weighted by atomic mass is 9.97. The van der Waals surface area contributed by atoms with Gasteiger partial charge >= 0.3 is 0 Å². The van der Waals surface area contributed by atoms with Gasteiger partial charge in [-0.1, -0.05) is 6.92 Å². The topological polar surface area (TPSA) is 54.4 Å². The Kier molecular flexibility index (Phi) is 3.97. The zero-order valence-corrected chi connectivity index (χ0v) is 6.91. The molecule has 0 saturated carbocycles. The van der Waals surface area contributed by atoms with Crippen LogP contribution >= 0.6 is 0 Å². The van der Waals surface area contributed by atoms with Gasteiger partial charge in [-0.3, -0.25) is 0 Å². The summed E-state index contributed by atoms with van der Waals surface area (Å²) in [7, 11) is 0. The molecular formula is C8H14O3. The Bertz CT molecular complexity index is 140. The fourth-order valence-electron chi connectivity index (χ4n) is 0.647. The van der Waals surface area contributed by atoms with E-state index < -0.39 is 5.60 Å². The van der Waals surface area contributed by atoms with E-state index in [2.05, 4.69) is 0 Å². The van der Waals surface area contributed by atoms with Crippen LogP contribution in [0.4, 0.5) is 0 Å². The van der Waals surface area contributed by atoms with Gasteiger partial charge in [0.1, 0.15) is 11.9 Å². The number of aliphatic hydroxyl groups is 1. The van der Waals surface area contributed by atoms with Gasteiger partial charge in [0.05, 0.1) is 0 Å². The molecule has 0 aliphatic carbocycles. The van der Waals surface area contributed by atoms with Gasteiger partial charge in [-0.2, -0.15) is 0 Å². The Balaban J connectivity index is 3.68. The Morgan fingerprint density at radius 2 is 2.09 bits per heavy atom. The van der Waals surface area contributed by atoms with Crippen LogP contribution in [0.3, 0.4) is 0 Å². The summed E-state index contributed by atoms with van der Waals surface area (Å²) in [6.45, 7) is 3.20. The first kappa shape index (κ1) is 10.3. The largest absolute Gasteiger partial charge is 0.383 e. The third kappa shape index (κ3) is 4.67. The standard InChI is InChI=1S/C8H14O3/c1-7(5-9)3-4-8(2,11)6-10/h5-7,11H,3-4H2,1-2H3/t7-,8+/m1/s1. The summed E-state index contributed by atoms with van der Waals surface area (Å²) in [6.07, 6.45) is 2.22. The molecule has 0 saturated heterocycles. The second-order valence-corrected chi connectivity index (χ2v) is 3.13. The van der Waals surface area contributed by atoms with Crippen LogP contribution in [0.5, 0.6) is 0 Å². The highest BCUT2D eigenvalue weighted by Crippen LogP contribution is 2.12. The number of rotatable bonds is 5. The molecule has 2 atom stereocenters. The van der Waals surface area contributed by atoms with Crippen LogP contribution < -0.4 is 0 Å². The average molecular weight is 158 g/mol. The lowest BCUT2D eigenvalue weighted by molar-refractivity contribution is -0.123. The van der Waals surface area contributed by atoms with Crippen molar-refractivity contribution in [3.05, 3.63) is 0 Å². The first-order chi connectivity index (χ1) is 5.02. The summed E-state index contributed by atoms with van der Waals surface area (Å²) >= 11 is 0. The minimum atomic E-state index is -1.27. The van der Waals surface area contributed by atoms with Gasteiger partial charge in [-0.15, -0.1) is 0 Å². The van der Waals surface area contributed by atoms with E-state index in [0.717, 1.165) is 6.29 Å². The van der Waals surface area contributed by atoms with Crippen molar-refractivity contribution >= 4 is 12.6 Å². The molecule has 0 spiro atoms. The van der Waals surface area contributed by atoms with Crippen LogP contribution in [0.1, 0.15) is 26.7 Å². The Morgan fingerprint density at radius 3 is 2.45 bits per heavy atom. The molecule has 0 aliphatic heterocycles. The van der Waals surface area contributed by atoms with Gasteiger partial charge in [-0.05, 0) is 19.8 Å². The summed E-state index contributed by atoms with van der Waals surface area (Å²) < 4.78 is 0. The summed E-state index contributed by atoms with van der Waals surface area (Å²) in [6, 6.07) is 0. The first-order valence-corrected chi connectivity index (χ1v) is 3.66. The molecule has 0 aliphatic rings. The Morgan fingerprint density at radius 1 is 1.55 bits per heavy atom. The smallest absolute Gasteiger partial charge is 0.151 e. The Labute approximate surface area is 66.4 Å². The molecule has 11 heavy (non-hydrogen) atoms. The van der Waals surface area contributed by atoms with Gasteiger partial charge in [0.15, 0.2) is 6.29 Å². The number of hydrogen-bond acceptors (Lipinski definition) is 3. The van der Waals surface area contributed by atoms with Gasteiger partial charge < -0.3 is 14.7 Å². The molecule has 0 fully saturated rings. The van der Waals surface area contributed by atoms with E-state index in [1.54, 1.807) is 6.92 Å². The summed E-state index contributed by atoms with van der Waals surface area (Å²) in [5, 5.41) is 9.18. The second-order valence-electron chi connectivity index (χ2n) is 3.13. The quantitative estimate of drug-likeness (QED) is 0.594. The van der Waals surface area contributed by atoms with E-state index in [9.17, 15) is 14.7 Å². The molecule has 0 unspecified atom stereocenters. The predicted octanol–water partition coefficient (Wildman–Crippen LogP) is 0.551. The zero-order chi connectivity index (χ0) is 8.91. The SMILES string of the molecule is C[C@@H](C=O)CC[C@](C)(O)C=O. The third-order valence-electron chi connectivity index (χ3n) is 1.59. The van der Waals surface area contributed by atoms with Crippen molar-refractivity contribution in [2.45, 2.75) is 32.3 Å². The number of hydrogen-bond donors (Lipinski definition) is 1. The third-order valence-corrected chi connectivity index (χ3v) is 1.59. The monoisotopic (exact) mass is 158 g/mol. The van der Waals surface area contributed by atoms with E-state index in [1.807, 2.05) is 0 Å². The summed E-state index contributed by atoms with van der Waals surface area (Å²) in [5.41, 5.74) is -1.27. The van der Waals surface area contributed by atoms with Gasteiger partial charge in [-0.25, -0.2) is 0 Å². The molecular weight excluding hydrogens is 144 g/mol. The molecule has 0 bridgehead atoms.